The van der Waals surface area contributed by atoms with E-state index in [2.05, 4.69) is 24.5 Å². The van der Waals surface area contributed by atoms with Gasteiger partial charge in [-0.05, 0) is 23.9 Å². The Morgan fingerprint density at radius 3 is 2.94 bits per heavy atom. The van der Waals surface area contributed by atoms with Gasteiger partial charge in [0, 0.05) is 13.1 Å². The summed E-state index contributed by atoms with van der Waals surface area (Å²) in [6.07, 6.45) is 1.19. The molecule has 16 heavy (non-hydrogen) atoms. The highest BCUT2D eigenvalue weighted by Gasteiger charge is 2.04. The number of thiophene rings is 1. The summed E-state index contributed by atoms with van der Waals surface area (Å²) < 4.78 is 0. The van der Waals surface area contributed by atoms with E-state index >= 15 is 0 Å². The predicted octanol–water partition coefficient (Wildman–Crippen LogP) is 2.11. The number of carbonyl (C=O) groups is 1. The highest BCUT2D eigenvalue weighted by Crippen LogP contribution is 2.07. The Hall–Kier alpha value is -0.870. The minimum Gasteiger partial charge on any atom is -0.350 e. The summed E-state index contributed by atoms with van der Waals surface area (Å²) in [5, 5.41) is 8.12. The average Bonchev–Trinajstić information content (AvgIpc) is 2.81. The molecule has 0 radical (unpaired) electrons. The Morgan fingerprint density at radius 2 is 2.31 bits per heavy atom. The van der Waals surface area contributed by atoms with Gasteiger partial charge in [-0.15, -0.1) is 11.3 Å². The van der Waals surface area contributed by atoms with E-state index in [1.54, 1.807) is 0 Å². The van der Waals surface area contributed by atoms with E-state index in [0.717, 1.165) is 18.0 Å². The molecule has 4 heteroatoms. The molecular weight excluding hydrogens is 220 g/mol. The van der Waals surface area contributed by atoms with E-state index in [4.69, 9.17) is 0 Å². The summed E-state index contributed by atoms with van der Waals surface area (Å²) >= 11 is 1.47. The van der Waals surface area contributed by atoms with Crippen LogP contribution in [0.5, 0.6) is 0 Å². The van der Waals surface area contributed by atoms with Crippen molar-refractivity contribution in [2.45, 2.75) is 20.3 Å². The molecule has 1 rings (SSSR count). The molecule has 0 saturated heterocycles. The van der Waals surface area contributed by atoms with Gasteiger partial charge in [0.1, 0.15) is 0 Å². The summed E-state index contributed by atoms with van der Waals surface area (Å²) in [6, 6.07) is 3.73. The number of hydrogen-bond acceptors (Lipinski definition) is 3. The number of hydrogen-bond donors (Lipinski definition) is 2. The minimum absolute atomic E-state index is 0.0281. The molecular formula is C12H20N2OS. The molecule has 3 nitrogen and oxygen atoms in total. The summed E-state index contributed by atoms with van der Waals surface area (Å²) in [7, 11) is 0. The van der Waals surface area contributed by atoms with Crippen molar-refractivity contribution in [3.63, 3.8) is 0 Å². The Labute approximate surface area is 101 Å². The van der Waals surface area contributed by atoms with E-state index in [9.17, 15) is 4.79 Å². The van der Waals surface area contributed by atoms with Crippen LogP contribution in [0, 0.1) is 5.92 Å². The number of carbonyl (C=O) groups excluding carboxylic acids is 1. The lowest BCUT2D eigenvalue weighted by Crippen LogP contribution is -2.33. The van der Waals surface area contributed by atoms with Crippen molar-refractivity contribution in [2.75, 3.05) is 19.6 Å². The molecule has 90 valence electrons. The lowest BCUT2D eigenvalue weighted by molar-refractivity contribution is 0.0958. The van der Waals surface area contributed by atoms with Crippen molar-refractivity contribution in [3.05, 3.63) is 22.4 Å². The van der Waals surface area contributed by atoms with Crippen LogP contribution in [-0.4, -0.2) is 25.5 Å². The quantitative estimate of drug-likeness (QED) is 0.717. The van der Waals surface area contributed by atoms with Gasteiger partial charge in [-0.1, -0.05) is 26.3 Å². The van der Waals surface area contributed by atoms with Gasteiger partial charge < -0.3 is 10.6 Å². The predicted molar refractivity (Wildman–Crippen MR) is 69.0 cm³/mol. The maximum atomic E-state index is 11.5. The number of rotatable bonds is 7. The second-order valence-corrected chi connectivity index (χ2v) is 4.90. The normalized spacial score (nSPS) is 12.4. The van der Waals surface area contributed by atoms with Crippen molar-refractivity contribution < 1.29 is 4.79 Å². The van der Waals surface area contributed by atoms with Gasteiger partial charge >= 0.3 is 0 Å². The van der Waals surface area contributed by atoms with Gasteiger partial charge in [0.15, 0.2) is 0 Å². The number of amides is 1. The van der Waals surface area contributed by atoms with Crippen LogP contribution < -0.4 is 10.6 Å². The van der Waals surface area contributed by atoms with Crippen LogP contribution in [0.15, 0.2) is 17.5 Å². The molecule has 0 saturated carbocycles. The molecule has 0 fully saturated rings. The van der Waals surface area contributed by atoms with Gasteiger partial charge in [0.25, 0.3) is 5.91 Å². The van der Waals surface area contributed by atoms with E-state index in [1.165, 1.54) is 17.8 Å². The molecule has 0 aliphatic carbocycles. The van der Waals surface area contributed by atoms with Crippen LogP contribution in [0.3, 0.4) is 0 Å². The highest BCUT2D eigenvalue weighted by molar-refractivity contribution is 7.12. The third-order valence-electron chi connectivity index (χ3n) is 2.52. The maximum absolute atomic E-state index is 11.5. The Bertz CT molecular complexity index is 298. The zero-order valence-electron chi connectivity index (χ0n) is 9.95. The monoisotopic (exact) mass is 240 g/mol. The van der Waals surface area contributed by atoms with Crippen molar-refractivity contribution in [1.82, 2.24) is 10.6 Å². The minimum atomic E-state index is 0.0281. The fourth-order valence-corrected chi connectivity index (χ4v) is 1.89. The van der Waals surface area contributed by atoms with Crippen molar-refractivity contribution in [3.8, 4) is 0 Å². The molecule has 0 aliphatic heterocycles. The first kappa shape index (κ1) is 13.2. The molecule has 1 aromatic rings. The zero-order chi connectivity index (χ0) is 11.8. The van der Waals surface area contributed by atoms with Gasteiger partial charge in [0.2, 0.25) is 0 Å². The maximum Gasteiger partial charge on any atom is 0.261 e. The standard InChI is InChI=1S/C12H20N2OS/c1-3-10(2)9-13-6-7-14-12(15)11-5-4-8-16-11/h4-5,8,10,13H,3,6-7,9H2,1-2H3,(H,14,15). The van der Waals surface area contributed by atoms with Crippen molar-refractivity contribution in [1.29, 1.82) is 0 Å². The average molecular weight is 240 g/mol. The molecule has 0 aromatic carbocycles. The Kier molecular flexibility index (Phi) is 6.11. The molecule has 1 heterocycles. The van der Waals surface area contributed by atoms with Crippen LogP contribution in [0.25, 0.3) is 0 Å². The van der Waals surface area contributed by atoms with Gasteiger partial charge in [-0.25, -0.2) is 0 Å². The fourth-order valence-electron chi connectivity index (χ4n) is 1.25. The van der Waals surface area contributed by atoms with Crippen LogP contribution >= 0.6 is 11.3 Å². The van der Waals surface area contributed by atoms with E-state index in [1.807, 2.05) is 17.5 Å². The lowest BCUT2D eigenvalue weighted by atomic mass is 10.1. The second-order valence-electron chi connectivity index (χ2n) is 3.95. The SMILES string of the molecule is CCC(C)CNCCNC(=O)c1cccs1. The molecule has 0 aliphatic rings. The first-order valence-corrected chi connectivity index (χ1v) is 6.64. The smallest absolute Gasteiger partial charge is 0.261 e. The van der Waals surface area contributed by atoms with Crippen LogP contribution in [0.4, 0.5) is 0 Å². The van der Waals surface area contributed by atoms with Crippen LogP contribution in [0.1, 0.15) is 29.9 Å². The molecule has 1 atom stereocenters. The molecule has 1 amide bonds. The Morgan fingerprint density at radius 1 is 1.50 bits per heavy atom. The largest absolute Gasteiger partial charge is 0.350 e. The summed E-state index contributed by atoms with van der Waals surface area (Å²) in [4.78, 5) is 12.3. The molecule has 1 aromatic heterocycles. The van der Waals surface area contributed by atoms with E-state index in [-0.39, 0.29) is 5.91 Å². The summed E-state index contributed by atoms with van der Waals surface area (Å²) in [5.74, 6) is 0.730. The van der Waals surface area contributed by atoms with Crippen molar-refractivity contribution >= 4 is 17.2 Å². The first-order valence-electron chi connectivity index (χ1n) is 5.76. The van der Waals surface area contributed by atoms with E-state index < -0.39 is 0 Å². The Balaban J connectivity index is 2.05. The molecule has 0 spiro atoms. The molecule has 1 unspecified atom stereocenters. The van der Waals surface area contributed by atoms with Crippen LogP contribution in [-0.2, 0) is 0 Å². The first-order chi connectivity index (χ1) is 7.74. The third-order valence-corrected chi connectivity index (χ3v) is 3.39. The van der Waals surface area contributed by atoms with Gasteiger partial charge in [-0.2, -0.15) is 0 Å². The van der Waals surface area contributed by atoms with Crippen LogP contribution in [0.2, 0.25) is 0 Å². The second kappa shape index (κ2) is 7.41. The van der Waals surface area contributed by atoms with Gasteiger partial charge in [-0.3, -0.25) is 4.79 Å². The summed E-state index contributed by atoms with van der Waals surface area (Å²) in [5.41, 5.74) is 0. The molecule has 0 bridgehead atoms. The topological polar surface area (TPSA) is 41.1 Å². The fraction of sp³-hybridized carbons (Fsp3) is 0.583. The molecule has 2 N–H and O–H groups in total. The van der Waals surface area contributed by atoms with E-state index in [0.29, 0.717) is 12.5 Å². The highest BCUT2D eigenvalue weighted by atomic mass is 32.1. The van der Waals surface area contributed by atoms with Gasteiger partial charge in [0.05, 0.1) is 4.88 Å². The zero-order valence-corrected chi connectivity index (χ0v) is 10.8. The lowest BCUT2D eigenvalue weighted by Gasteiger charge is -2.10. The summed E-state index contributed by atoms with van der Waals surface area (Å²) in [6.45, 7) is 6.95. The van der Waals surface area contributed by atoms with Crippen molar-refractivity contribution in [2.24, 2.45) is 5.92 Å². The number of nitrogens with one attached hydrogen (secondary N) is 2. The third kappa shape index (κ3) is 4.77.